The Morgan fingerprint density at radius 1 is 1.09 bits per heavy atom. The Balaban J connectivity index is 1.55. The van der Waals surface area contributed by atoms with Crippen LogP contribution in [0, 0.1) is 13.8 Å². The quantitative estimate of drug-likeness (QED) is 0.850. The van der Waals surface area contributed by atoms with Crippen LogP contribution in [-0.2, 0) is 4.74 Å². The molecule has 0 amide bonds. The normalized spacial score (nSPS) is 22.9. The van der Waals surface area contributed by atoms with E-state index in [1.54, 1.807) is 0 Å². The van der Waals surface area contributed by atoms with Crippen LogP contribution in [0.4, 0.5) is 5.82 Å². The van der Waals surface area contributed by atoms with Gasteiger partial charge in [0, 0.05) is 43.3 Å². The van der Waals surface area contributed by atoms with Crippen LogP contribution < -0.4 is 4.90 Å². The minimum absolute atomic E-state index is 0.628. The predicted octanol–water partition coefficient (Wildman–Crippen LogP) is 2.16. The van der Waals surface area contributed by atoms with Gasteiger partial charge in [0.1, 0.15) is 5.82 Å². The van der Waals surface area contributed by atoms with E-state index in [-0.39, 0.29) is 0 Å². The maximum absolute atomic E-state index is 5.47. The van der Waals surface area contributed by atoms with Crippen LogP contribution in [-0.4, -0.2) is 60.3 Å². The first-order chi connectivity index (χ1) is 11.2. The van der Waals surface area contributed by atoms with Crippen LogP contribution in [0.1, 0.15) is 17.7 Å². The van der Waals surface area contributed by atoms with Crippen molar-refractivity contribution in [3.8, 4) is 0 Å². The Labute approximate surface area is 137 Å². The summed E-state index contributed by atoms with van der Waals surface area (Å²) in [5, 5.41) is 1.16. The van der Waals surface area contributed by atoms with Gasteiger partial charge >= 0.3 is 0 Å². The van der Waals surface area contributed by atoms with E-state index in [1.807, 2.05) is 6.92 Å². The number of aromatic nitrogens is 2. The molecule has 2 fully saturated rings. The van der Waals surface area contributed by atoms with Gasteiger partial charge < -0.3 is 9.64 Å². The number of fused-ring (bicyclic) bond motifs is 1. The van der Waals surface area contributed by atoms with Crippen molar-refractivity contribution in [1.82, 2.24) is 14.9 Å². The standard InChI is InChI=1S/C18H24N4O/c1-13-11-14(2)19-18-16(13)3-4-17(20-18)22-6-5-15(12-22)21-7-9-23-10-8-21/h3-4,11,15H,5-10,12H2,1-2H3. The monoisotopic (exact) mass is 312 g/mol. The molecular weight excluding hydrogens is 288 g/mol. The van der Waals surface area contributed by atoms with Gasteiger partial charge in [0.15, 0.2) is 5.65 Å². The van der Waals surface area contributed by atoms with Gasteiger partial charge in [0.05, 0.1) is 13.2 Å². The van der Waals surface area contributed by atoms with Gasteiger partial charge in [-0.1, -0.05) is 0 Å². The molecule has 0 aliphatic carbocycles. The Morgan fingerprint density at radius 3 is 2.74 bits per heavy atom. The van der Waals surface area contributed by atoms with Gasteiger partial charge in [0.25, 0.3) is 0 Å². The van der Waals surface area contributed by atoms with Crippen LogP contribution in [0.25, 0.3) is 11.0 Å². The van der Waals surface area contributed by atoms with Crippen LogP contribution >= 0.6 is 0 Å². The largest absolute Gasteiger partial charge is 0.379 e. The Hall–Kier alpha value is -1.72. The van der Waals surface area contributed by atoms with Crippen LogP contribution in [0.3, 0.4) is 0 Å². The molecule has 2 aliphatic rings. The first kappa shape index (κ1) is 14.8. The molecule has 122 valence electrons. The molecule has 2 saturated heterocycles. The van der Waals surface area contributed by atoms with E-state index in [2.05, 4.69) is 39.9 Å². The highest BCUT2D eigenvalue weighted by atomic mass is 16.5. The fourth-order valence-corrected chi connectivity index (χ4v) is 3.79. The zero-order chi connectivity index (χ0) is 15.8. The Morgan fingerprint density at radius 2 is 1.91 bits per heavy atom. The van der Waals surface area contributed by atoms with Gasteiger partial charge in [-0.25, -0.2) is 9.97 Å². The molecule has 4 rings (SSSR count). The fourth-order valence-electron chi connectivity index (χ4n) is 3.79. The third kappa shape index (κ3) is 2.91. The van der Waals surface area contributed by atoms with E-state index in [9.17, 15) is 0 Å². The second-order valence-electron chi connectivity index (χ2n) is 6.66. The molecule has 5 heteroatoms. The molecule has 2 aromatic rings. The molecule has 2 aromatic heterocycles. The molecule has 0 N–H and O–H groups in total. The Kier molecular flexibility index (Phi) is 3.91. The van der Waals surface area contributed by atoms with Gasteiger partial charge in [-0.2, -0.15) is 0 Å². The molecule has 0 spiro atoms. The zero-order valence-corrected chi connectivity index (χ0v) is 14.0. The summed E-state index contributed by atoms with van der Waals surface area (Å²) in [6.07, 6.45) is 1.21. The van der Waals surface area contributed by atoms with Crippen molar-refractivity contribution in [3.63, 3.8) is 0 Å². The van der Waals surface area contributed by atoms with Crippen molar-refractivity contribution in [2.45, 2.75) is 26.3 Å². The van der Waals surface area contributed by atoms with Crippen LogP contribution in [0.2, 0.25) is 0 Å². The Bertz CT molecular complexity index is 711. The molecule has 0 saturated carbocycles. The lowest BCUT2D eigenvalue weighted by Crippen LogP contribution is -2.44. The summed E-state index contributed by atoms with van der Waals surface area (Å²) in [6, 6.07) is 7.06. The van der Waals surface area contributed by atoms with E-state index in [1.165, 1.54) is 12.0 Å². The van der Waals surface area contributed by atoms with Crippen molar-refractivity contribution < 1.29 is 4.74 Å². The lowest BCUT2D eigenvalue weighted by Gasteiger charge is -2.32. The first-order valence-corrected chi connectivity index (χ1v) is 8.52. The van der Waals surface area contributed by atoms with E-state index in [0.717, 1.165) is 61.9 Å². The number of morpholine rings is 1. The summed E-state index contributed by atoms with van der Waals surface area (Å²) in [4.78, 5) is 14.4. The maximum atomic E-state index is 5.47. The lowest BCUT2D eigenvalue weighted by atomic mass is 10.1. The van der Waals surface area contributed by atoms with Gasteiger partial charge in [-0.3, -0.25) is 4.90 Å². The summed E-state index contributed by atoms with van der Waals surface area (Å²) in [5.74, 6) is 1.06. The highest BCUT2D eigenvalue weighted by molar-refractivity contribution is 5.80. The SMILES string of the molecule is Cc1cc(C)c2ccc(N3CCC(N4CCOCC4)C3)nc2n1. The highest BCUT2D eigenvalue weighted by Gasteiger charge is 2.29. The molecule has 2 aliphatic heterocycles. The lowest BCUT2D eigenvalue weighted by molar-refractivity contribution is 0.0209. The topological polar surface area (TPSA) is 41.5 Å². The summed E-state index contributed by atoms with van der Waals surface area (Å²) in [6.45, 7) is 10.1. The molecule has 1 atom stereocenters. The first-order valence-electron chi connectivity index (χ1n) is 8.52. The molecule has 23 heavy (non-hydrogen) atoms. The second kappa shape index (κ2) is 6.06. The number of ether oxygens (including phenoxy) is 1. The summed E-state index contributed by atoms with van der Waals surface area (Å²) in [5.41, 5.74) is 3.15. The minimum Gasteiger partial charge on any atom is -0.379 e. The summed E-state index contributed by atoms with van der Waals surface area (Å²) < 4.78 is 5.47. The molecule has 0 radical (unpaired) electrons. The van der Waals surface area contributed by atoms with Crippen molar-refractivity contribution in [1.29, 1.82) is 0 Å². The van der Waals surface area contributed by atoms with Crippen LogP contribution in [0.15, 0.2) is 18.2 Å². The highest BCUT2D eigenvalue weighted by Crippen LogP contribution is 2.25. The molecule has 1 unspecified atom stereocenters. The van der Waals surface area contributed by atoms with E-state index in [4.69, 9.17) is 9.72 Å². The number of pyridine rings is 2. The van der Waals surface area contributed by atoms with Crippen LogP contribution in [0.5, 0.6) is 0 Å². The van der Waals surface area contributed by atoms with Gasteiger partial charge in [0.2, 0.25) is 0 Å². The number of hydrogen-bond acceptors (Lipinski definition) is 5. The van der Waals surface area contributed by atoms with E-state index < -0.39 is 0 Å². The van der Waals surface area contributed by atoms with E-state index in [0.29, 0.717) is 6.04 Å². The van der Waals surface area contributed by atoms with Crippen molar-refractivity contribution >= 4 is 16.9 Å². The molecule has 0 bridgehead atoms. The molecule has 0 aromatic carbocycles. The van der Waals surface area contributed by atoms with Crippen molar-refractivity contribution in [2.75, 3.05) is 44.3 Å². The molecule has 4 heterocycles. The fraction of sp³-hybridized carbons (Fsp3) is 0.556. The van der Waals surface area contributed by atoms with Crippen molar-refractivity contribution in [2.24, 2.45) is 0 Å². The minimum atomic E-state index is 0.628. The smallest absolute Gasteiger partial charge is 0.162 e. The van der Waals surface area contributed by atoms with Gasteiger partial charge in [-0.15, -0.1) is 0 Å². The average molecular weight is 312 g/mol. The average Bonchev–Trinajstić information content (AvgIpc) is 3.05. The number of hydrogen-bond donors (Lipinski definition) is 0. The maximum Gasteiger partial charge on any atom is 0.162 e. The predicted molar refractivity (Wildman–Crippen MR) is 92.0 cm³/mol. The summed E-state index contributed by atoms with van der Waals surface area (Å²) >= 11 is 0. The molecular formula is C18H24N4O. The third-order valence-electron chi connectivity index (χ3n) is 5.04. The third-order valence-corrected chi connectivity index (χ3v) is 5.04. The molecule has 5 nitrogen and oxygen atoms in total. The number of nitrogens with zero attached hydrogens (tertiary/aromatic N) is 4. The van der Waals surface area contributed by atoms with E-state index >= 15 is 0 Å². The zero-order valence-electron chi connectivity index (χ0n) is 14.0. The number of rotatable bonds is 2. The number of anilines is 1. The van der Waals surface area contributed by atoms with Crippen molar-refractivity contribution in [3.05, 3.63) is 29.5 Å². The van der Waals surface area contributed by atoms with Gasteiger partial charge in [-0.05, 0) is 44.0 Å². The summed E-state index contributed by atoms with van der Waals surface area (Å²) in [7, 11) is 0. The number of aryl methyl sites for hydroxylation is 2. The second-order valence-corrected chi connectivity index (χ2v) is 6.66.